The van der Waals surface area contributed by atoms with Gasteiger partial charge in [-0.2, -0.15) is 0 Å². The fourth-order valence-corrected chi connectivity index (χ4v) is 4.65. The summed E-state index contributed by atoms with van der Waals surface area (Å²) in [5, 5.41) is 3.35. The monoisotopic (exact) mass is 408 g/mol. The van der Waals surface area contributed by atoms with Crippen molar-refractivity contribution in [3.05, 3.63) is 53.6 Å². The number of carbonyl (C=O) groups excluding carboxylic acids is 1. The first-order valence-corrected chi connectivity index (χ1v) is 11.2. The summed E-state index contributed by atoms with van der Waals surface area (Å²) in [4.78, 5) is 15.4. The van der Waals surface area contributed by atoms with Crippen molar-refractivity contribution in [1.29, 1.82) is 0 Å². The topological polar surface area (TPSA) is 41.6 Å². The summed E-state index contributed by atoms with van der Waals surface area (Å²) in [6, 6.07) is 14.3. The number of rotatable bonds is 8. The Morgan fingerprint density at radius 3 is 2.53 bits per heavy atom. The van der Waals surface area contributed by atoms with Gasteiger partial charge in [0.25, 0.3) is 5.91 Å². The quantitative estimate of drug-likeness (QED) is 0.656. The van der Waals surface area contributed by atoms with Crippen LogP contribution in [0.3, 0.4) is 0 Å². The Labute approximate surface area is 181 Å². The van der Waals surface area contributed by atoms with E-state index < -0.39 is 0 Å². The largest absolute Gasteiger partial charge is 0.496 e. The van der Waals surface area contributed by atoms with Crippen molar-refractivity contribution in [2.75, 3.05) is 27.7 Å². The Morgan fingerprint density at radius 1 is 1.13 bits per heavy atom. The minimum atomic E-state index is 0.0138. The van der Waals surface area contributed by atoms with E-state index in [4.69, 9.17) is 4.74 Å². The fraction of sp³-hybridized carbons (Fsp3) is 0.500. The van der Waals surface area contributed by atoms with Crippen LogP contribution in [0.1, 0.15) is 54.9 Å². The van der Waals surface area contributed by atoms with Crippen molar-refractivity contribution >= 4 is 5.91 Å². The molecule has 1 fully saturated rings. The summed E-state index contributed by atoms with van der Waals surface area (Å²) < 4.78 is 5.70. The second kappa shape index (κ2) is 10.6. The van der Waals surface area contributed by atoms with E-state index >= 15 is 0 Å². The van der Waals surface area contributed by atoms with E-state index in [0.29, 0.717) is 11.5 Å². The minimum absolute atomic E-state index is 0.0138. The molecule has 162 valence electrons. The number of hydrogen-bond acceptors (Lipinski definition) is 3. The maximum atomic E-state index is 13.2. The number of ether oxygens (including phenoxy) is 1. The lowest BCUT2D eigenvalue weighted by Crippen LogP contribution is -2.47. The first-order valence-electron chi connectivity index (χ1n) is 11.2. The van der Waals surface area contributed by atoms with Crippen LogP contribution in [-0.4, -0.2) is 44.6 Å². The molecule has 1 saturated carbocycles. The van der Waals surface area contributed by atoms with Gasteiger partial charge >= 0.3 is 0 Å². The van der Waals surface area contributed by atoms with Gasteiger partial charge in [-0.1, -0.05) is 56.5 Å². The maximum Gasteiger partial charge on any atom is 0.251 e. The van der Waals surface area contributed by atoms with Gasteiger partial charge in [0.1, 0.15) is 5.75 Å². The van der Waals surface area contributed by atoms with Crippen molar-refractivity contribution in [1.82, 2.24) is 10.2 Å². The van der Waals surface area contributed by atoms with Crippen LogP contribution in [0.25, 0.3) is 11.1 Å². The van der Waals surface area contributed by atoms with Gasteiger partial charge in [-0.3, -0.25) is 4.79 Å². The van der Waals surface area contributed by atoms with Gasteiger partial charge in [0.15, 0.2) is 0 Å². The number of carbonyl (C=O) groups is 1. The van der Waals surface area contributed by atoms with Gasteiger partial charge in [-0.15, -0.1) is 0 Å². The third-order valence-electron chi connectivity index (χ3n) is 6.21. The predicted octanol–water partition coefficient (Wildman–Crippen LogP) is 5.16. The molecule has 1 aliphatic carbocycles. The number of aryl methyl sites for hydroxylation is 1. The fourth-order valence-electron chi connectivity index (χ4n) is 4.65. The van der Waals surface area contributed by atoms with E-state index in [0.717, 1.165) is 29.8 Å². The summed E-state index contributed by atoms with van der Waals surface area (Å²) in [7, 11) is 5.87. The van der Waals surface area contributed by atoms with Crippen LogP contribution >= 0.6 is 0 Å². The third-order valence-corrected chi connectivity index (χ3v) is 6.21. The molecule has 1 aliphatic rings. The minimum Gasteiger partial charge on any atom is -0.496 e. The summed E-state index contributed by atoms with van der Waals surface area (Å²) in [5.74, 6) is 1.47. The molecule has 0 aromatic heterocycles. The molecule has 3 rings (SSSR count). The van der Waals surface area contributed by atoms with Crippen LogP contribution in [0.15, 0.2) is 42.5 Å². The molecule has 0 saturated heterocycles. The number of amides is 1. The van der Waals surface area contributed by atoms with Crippen LogP contribution in [0.2, 0.25) is 0 Å². The molecule has 1 amide bonds. The van der Waals surface area contributed by atoms with Crippen molar-refractivity contribution in [2.45, 2.75) is 51.5 Å². The third kappa shape index (κ3) is 5.42. The molecule has 1 atom stereocenters. The van der Waals surface area contributed by atoms with Crippen molar-refractivity contribution in [2.24, 2.45) is 5.92 Å². The Balaban J connectivity index is 1.83. The molecular formula is C26H36N2O2. The van der Waals surface area contributed by atoms with Crippen LogP contribution in [-0.2, 0) is 6.42 Å². The molecule has 4 heteroatoms. The zero-order valence-electron chi connectivity index (χ0n) is 18.9. The Kier molecular flexibility index (Phi) is 7.92. The number of para-hydroxylation sites is 1. The Bertz CT molecular complexity index is 841. The lowest BCUT2D eigenvalue weighted by Gasteiger charge is -2.32. The SMILES string of the molecule is CCc1cccc(-c2cccc(C(=O)N[C@H](CN(C)C)C3CCCCC3)c2)c1OC. The molecule has 0 unspecified atom stereocenters. The highest BCUT2D eigenvalue weighted by Crippen LogP contribution is 2.34. The molecule has 2 aromatic rings. The van der Waals surface area contributed by atoms with Gasteiger partial charge in [0, 0.05) is 23.7 Å². The summed E-state index contributed by atoms with van der Waals surface area (Å²) in [6.45, 7) is 3.00. The molecule has 2 aromatic carbocycles. The average Bonchev–Trinajstić information content (AvgIpc) is 2.78. The Morgan fingerprint density at radius 2 is 1.87 bits per heavy atom. The van der Waals surface area contributed by atoms with Crippen LogP contribution in [0.5, 0.6) is 5.75 Å². The van der Waals surface area contributed by atoms with Gasteiger partial charge in [0.2, 0.25) is 0 Å². The standard InChI is InChI=1S/C26H36N2O2/c1-5-19-13-10-16-23(25(19)30-4)21-14-9-15-22(17-21)26(29)27-24(18-28(2)3)20-11-7-6-8-12-20/h9-10,13-17,20,24H,5-8,11-12,18H2,1-4H3,(H,27,29)/t24-/m1/s1. The first-order chi connectivity index (χ1) is 14.5. The summed E-state index contributed by atoms with van der Waals surface area (Å²) >= 11 is 0. The molecule has 0 heterocycles. The number of methoxy groups -OCH3 is 1. The van der Waals surface area contributed by atoms with Crippen molar-refractivity contribution < 1.29 is 9.53 Å². The van der Waals surface area contributed by atoms with E-state index in [1.165, 1.54) is 37.7 Å². The zero-order valence-corrected chi connectivity index (χ0v) is 18.9. The zero-order chi connectivity index (χ0) is 21.5. The lowest BCUT2D eigenvalue weighted by molar-refractivity contribution is 0.0900. The highest BCUT2D eigenvalue weighted by atomic mass is 16.5. The molecule has 1 N–H and O–H groups in total. The van der Waals surface area contributed by atoms with E-state index in [9.17, 15) is 4.79 Å². The molecule has 4 nitrogen and oxygen atoms in total. The molecular weight excluding hydrogens is 372 g/mol. The smallest absolute Gasteiger partial charge is 0.251 e. The normalized spacial score (nSPS) is 15.8. The highest BCUT2D eigenvalue weighted by Gasteiger charge is 2.26. The van der Waals surface area contributed by atoms with E-state index in [1.54, 1.807) is 7.11 Å². The second-order valence-corrected chi connectivity index (χ2v) is 8.67. The van der Waals surface area contributed by atoms with E-state index in [2.05, 4.69) is 49.4 Å². The van der Waals surface area contributed by atoms with E-state index in [1.807, 2.05) is 24.3 Å². The van der Waals surface area contributed by atoms with Gasteiger partial charge in [0.05, 0.1) is 7.11 Å². The number of nitrogens with one attached hydrogen (secondary N) is 1. The van der Waals surface area contributed by atoms with Crippen molar-refractivity contribution in [3.8, 4) is 16.9 Å². The molecule has 0 aliphatic heterocycles. The average molecular weight is 409 g/mol. The Hall–Kier alpha value is -2.33. The maximum absolute atomic E-state index is 13.2. The highest BCUT2D eigenvalue weighted by molar-refractivity contribution is 5.96. The van der Waals surface area contributed by atoms with Crippen LogP contribution < -0.4 is 10.1 Å². The van der Waals surface area contributed by atoms with Gasteiger partial charge in [-0.25, -0.2) is 0 Å². The molecule has 0 radical (unpaired) electrons. The van der Waals surface area contributed by atoms with Gasteiger partial charge in [-0.05, 0) is 62.5 Å². The predicted molar refractivity (Wildman–Crippen MR) is 124 cm³/mol. The van der Waals surface area contributed by atoms with Gasteiger partial charge < -0.3 is 15.0 Å². The number of nitrogens with zero attached hydrogens (tertiary/aromatic N) is 1. The number of benzene rings is 2. The molecule has 30 heavy (non-hydrogen) atoms. The van der Waals surface area contributed by atoms with Crippen molar-refractivity contribution in [3.63, 3.8) is 0 Å². The molecule has 0 spiro atoms. The second-order valence-electron chi connectivity index (χ2n) is 8.67. The molecule has 0 bridgehead atoms. The van der Waals surface area contributed by atoms with E-state index in [-0.39, 0.29) is 11.9 Å². The first kappa shape index (κ1) is 22.4. The number of likely N-dealkylation sites (N-methyl/N-ethyl adjacent to an activating group) is 1. The summed E-state index contributed by atoms with van der Waals surface area (Å²) in [6.07, 6.45) is 7.19. The number of hydrogen-bond donors (Lipinski definition) is 1. The van der Waals surface area contributed by atoms with Crippen LogP contribution in [0.4, 0.5) is 0 Å². The lowest BCUT2D eigenvalue weighted by atomic mass is 9.83. The van der Waals surface area contributed by atoms with Crippen LogP contribution in [0, 0.1) is 5.92 Å². The summed E-state index contributed by atoms with van der Waals surface area (Å²) in [5.41, 5.74) is 3.92.